The third-order valence-electron chi connectivity index (χ3n) is 16.4. The minimum absolute atomic E-state index is 0.120. The number of benzene rings is 12. The van der Waals surface area contributed by atoms with Crippen molar-refractivity contribution in [1.82, 2.24) is 4.57 Å². The topological polar surface area (TPSA) is 8.17 Å². The molecule has 2 nitrogen and oxygen atoms in total. The van der Waals surface area contributed by atoms with Crippen molar-refractivity contribution in [2.24, 2.45) is 0 Å². The van der Waals surface area contributed by atoms with Gasteiger partial charge in [-0.1, -0.05) is 214 Å². The standard InChI is InChI=1S/C77H58N2/c1-51-41-62(60-24-16-23-59(46-60)58-22-15-21-57(45-58)54-19-9-6-10-20-54)47-63(42-51)64-43-52(2)44-68(48-64)79-75-28-14-12-26-71(75)72-39-33-61(49-76(72)79)56-31-36-66(37-32-56)78(65-34-29-55(30-35-65)53-17-7-5-8-18-53)67-38-40-70-69-25-11-13-27-73(69)77(3,4)74(70)50-67/h5-50H,1-4H3. The Labute approximate surface area is 463 Å². The quantitative estimate of drug-likeness (QED) is 0.133. The van der Waals surface area contributed by atoms with Crippen molar-refractivity contribution in [2.75, 3.05) is 4.90 Å². The Kier molecular flexibility index (Phi) is 11.7. The van der Waals surface area contributed by atoms with Crippen LogP contribution in [0.4, 0.5) is 17.1 Å². The highest BCUT2D eigenvalue weighted by Gasteiger charge is 2.36. The average Bonchev–Trinajstić information content (AvgIpc) is 4.18. The van der Waals surface area contributed by atoms with Gasteiger partial charge in [0, 0.05) is 38.9 Å². The van der Waals surface area contributed by atoms with Crippen LogP contribution in [0.3, 0.4) is 0 Å². The average molecular weight is 1010 g/mol. The third-order valence-corrected chi connectivity index (χ3v) is 16.4. The molecule has 0 saturated heterocycles. The summed E-state index contributed by atoms with van der Waals surface area (Å²) in [5.41, 5.74) is 29.0. The molecule has 2 heteroatoms. The Balaban J connectivity index is 0.823. The van der Waals surface area contributed by atoms with Crippen LogP contribution in [0.2, 0.25) is 0 Å². The van der Waals surface area contributed by atoms with Gasteiger partial charge < -0.3 is 9.47 Å². The van der Waals surface area contributed by atoms with Crippen molar-refractivity contribution in [3.05, 3.63) is 301 Å². The van der Waals surface area contributed by atoms with Crippen molar-refractivity contribution >= 4 is 38.9 Å². The first-order valence-corrected chi connectivity index (χ1v) is 27.5. The number of nitrogens with zero attached hydrogens (tertiary/aromatic N) is 2. The maximum atomic E-state index is 2.47. The number of rotatable bonds is 10. The first-order valence-electron chi connectivity index (χ1n) is 27.5. The van der Waals surface area contributed by atoms with Gasteiger partial charge in [-0.25, -0.2) is 0 Å². The van der Waals surface area contributed by atoms with Crippen LogP contribution in [0.15, 0.2) is 279 Å². The monoisotopic (exact) mass is 1010 g/mol. The molecule has 0 amide bonds. The van der Waals surface area contributed by atoms with Crippen molar-refractivity contribution < 1.29 is 0 Å². The molecule has 12 aromatic carbocycles. The molecule has 0 saturated carbocycles. The summed E-state index contributed by atoms with van der Waals surface area (Å²) in [4.78, 5) is 2.41. The molecular weight excluding hydrogens is 953 g/mol. The maximum absolute atomic E-state index is 2.47. The van der Waals surface area contributed by atoms with Crippen LogP contribution in [0.25, 0.3) is 105 Å². The van der Waals surface area contributed by atoms with Crippen LogP contribution in [0.1, 0.15) is 36.1 Å². The number of anilines is 3. The normalized spacial score (nSPS) is 12.4. The van der Waals surface area contributed by atoms with E-state index in [4.69, 9.17) is 0 Å². The number of hydrogen-bond acceptors (Lipinski definition) is 1. The number of fused-ring (bicyclic) bond motifs is 6. The number of para-hydroxylation sites is 1. The molecule has 0 radical (unpaired) electrons. The number of aryl methyl sites for hydroxylation is 2. The lowest BCUT2D eigenvalue weighted by Crippen LogP contribution is -2.16. The molecule has 13 aromatic rings. The smallest absolute Gasteiger partial charge is 0.0547 e. The molecule has 1 heterocycles. The van der Waals surface area contributed by atoms with E-state index < -0.39 is 0 Å². The van der Waals surface area contributed by atoms with E-state index in [2.05, 4.69) is 316 Å². The fraction of sp³-hybridized carbons (Fsp3) is 0.0649. The lowest BCUT2D eigenvalue weighted by Gasteiger charge is -2.28. The minimum Gasteiger partial charge on any atom is -0.310 e. The molecule has 0 atom stereocenters. The van der Waals surface area contributed by atoms with Gasteiger partial charge >= 0.3 is 0 Å². The molecule has 0 aliphatic heterocycles. The van der Waals surface area contributed by atoms with Crippen LogP contribution in [0, 0.1) is 13.8 Å². The van der Waals surface area contributed by atoms with E-state index in [0.29, 0.717) is 0 Å². The predicted octanol–water partition coefficient (Wildman–Crippen LogP) is 21.2. The maximum Gasteiger partial charge on any atom is 0.0547 e. The van der Waals surface area contributed by atoms with Crippen molar-refractivity contribution in [1.29, 1.82) is 0 Å². The SMILES string of the molecule is Cc1cc(-c2cccc(-c3cccc(-c4ccccc4)c3)c2)cc(-c2cc(C)cc(-n3c4ccccc4c4ccc(-c5ccc(N(c6ccc(-c7ccccc7)cc6)c6ccc7c(c6)C(C)(C)c6ccccc6-7)cc5)cc43)c2)c1. The molecule has 0 bridgehead atoms. The second kappa shape index (κ2) is 19.4. The van der Waals surface area contributed by atoms with Crippen molar-refractivity contribution in [2.45, 2.75) is 33.1 Å². The fourth-order valence-electron chi connectivity index (χ4n) is 12.5. The van der Waals surface area contributed by atoms with Gasteiger partial charge in [-0.2, -0.15) is 0 Å². The molecule has 376 valence electrons. The summed E-state index contributed by atoms with van der Waals surface area (Å²) < 4.78 is 2.47. The number of aromatic nitrogens is 1. The van der Waals surface area contributed by atoms with Gasteiger partial charge in [0.1, 0.15) is 0 Å². The summed E-state index contributed by atoms with van der Waals surface area (Å²) in [7, 11) is 0. The van der Waals surface area contributed by atoms with Crippen LogP contribution in [-0.2, 0) is 5.41 Å². The summed E-state index contributed by atoms with van der Waals surface area (Å²) in [5.74, 6) is 0. The van der Waals surface area contributed by atoms with Gasteiger partial charge in [0.15, 0.2) is 0 Å². The fourth-order valence-corrected chi connectivity index (χ4v) is 12.5. The zero-order valence-electron chi connectivity index (χ0n) is 45.0. The molecule has 14 rings (SSSR count). The van der Waals surface area contributed by atoms with Gasteiger partial charge in [0.2, 0.25) is 0 Å². The molecule has 0 fully saturated rings. The zero-order chi connectivity index (χ0) is 53.2. The van der Waals surface area contributed by atoms with Crippen molar-refractivity contribution in [3.63, 3.8) is 0 Å². The van der Waals surface area contributed by atoms with E-state index in [9.17, 15) is 0 Å². The Morgan fingerprint density at radius 2 is 0.709 bits per heavy atom. The molecule has 79 heavy (non-hydrogen) atoms. The van der Waals surface area contributed by atoms with Gasteiger partial charge in [0.05, 0.1) is 11.0 Å². The summed E-state index contributed by atoms with van der Waals surface area (Å²) in [5, 5.41) is 2.47. The summed E-state index contributed by atoms with van der Waals surface area (Å²) in [6.45, 7) is 9.15. The van der Waals surface area contributed by atoms with E-state index in [0.717, 1.165) is 28.3 Å². The summed E-state index contributed by atoms with van der Waals surface area (Å²) in [6, 6.07) is 103. The zero-order valence-corrected chi connectivity index (χ0v) is 45.0. The van der Waals surface area contributed by atoms with Crippen LogP contribution in [0.5, 0.6) is 0 Å². The molecule has 1 aliphatic rings. The summed E-state index contributed by atoms with van der Waals surface area (Å²) in [6.07, 6.45) is 0. The van der Waals surface area contributed by atoms with Crippen LogP contribution in [-0.4, -0.2) is 4.57 Å². The van der Waals surface area contributed by atoms with E-state index in [1.54, 1.807) is 0 Å². The third kappa shape index (κ3) is 8.63. The Hall–Kier alpha value is -9.76. The van der Waals surface area contributed by atoms with Crippen LogP contribution >= 0.6 is 0 Å². The molecule has 1 aromatic heterocycles. The molecular formula is C77H58N2. The van der Waals surface area contributed by atoms with Gasteiger partial charge in [-0.05, 0) is 193 Å². The highest BCUT2D eigenvalue weighted by molar-refractivity contribution is 6.10. The van der Waals surface area contributed by atoms with Gasteiger partial charge in [0.25, 0.3) is 0 Å². The highest BCUT2D eigenvalue weighted by atomic mass is 15.1. The van der Waals surface area contributed by atoms with Crippen LogP contribution < -0.4 is 4.90 Å². The van der Waals surface area contributed by atoms with E-state index >= 15 is 0 Å². The van der Waals surface area contributed by atoms with E-state index in [-0.39, 0.29) is 5.41 Å². The first kappa shape index (κ1) is 47.7. The molecule has 0 N–H and O–H groups in total. The van der Waals surface area contributed by atoms with Gasteiger partial charge in [-0.3, -0.25) is 0 Å². The Morgan fingerprint density at radius 3 is 1.38 bits per heavy atom. The minimum atomic E-state index is -0.120. The lowest BCUT2D eigenvalue weighted by atomic mass is 9.82. The Bertz CT molecular complexity index is 4450. The highest BCUT2D eigenvalue weighted by Crippen LogP contribution is 2.51. The largest absolute Gasteiger partial charge is 0.310 e. The molecule has 0 unspecified atom stereocenters. The molecule has 1 aliphatic carbocycles. The molecule has 0 spiro atoms. The number of hydrogen-bond donors (Lipinski definition) is 0. The second-order valence-corrected chi connectivity index (χ2v) is 22.0. The first-order chi connectivity index (χ1) is 38.7. The lowest BCUT2D eigenvalue weighted by molar-refractivity contribution is 0.660. The second-order valence-electron chi connectivity index (χ2n) is 22.0. The van der Waals surface area contributed by atoms with Crippen molar-refractivity contribution in [3.8, 4) is 83.6 Å². The summed E-state index contributed by atoms with van der Waals surface area (Å²) >= 11 is 0. The van der Waals surface area contributed by atoms with Gasteiger partial charge in [-0.15, -0.1) is 0 Å². The Morgan fingerprint density at radius 1 is 0.278 bits per heavy atom. The van der Waals surface area contributed by atoms with E-state index in [1.807, 2.05) is 0 Å². The van der Waals surface area contributed by atoms with E-state index in [1.165, 1.54) is 116 Å². The predicted molar refractivity (Wildman–Crippen MR) is 335 cm³/mol.